The van der Waals surface area contributed by atoms with E-state index in [1.807, 2.05) is 40.7 Å². The van der Waals surface area contributed by atoms with Crippen LogP contribution in [0.4, 0.5) is 18.9 Å². The Labute approximate surface area is 195 Å². The molecule has 1 N–H and O–H groups in total. The Bertz CT molecular complexity index is 1230. The molecule has 4 rings (SSSR count). The van der Waals surface area contributed by atoms with Gasteiger partial charge in [-0.15, -0.1) is 13.2 Å². The van der Waals surface area contributed by atoms with Gasteiger partial charge >= 0.3 is 12.3 Å². The maximum atomic E-state index is 13.2. The van der Waals surface area contributed by atoms with Gasteiger partial charge in [0.15, 0.2) is 0 Å². The van der Waals surface area contributed by atoms with Crippen LogP contribution in [0.1, 0.15) is 50.8 Å². The van der Waals surface area contributed by atoms with Gasteiger partial charge in [0.25, 0.3) is 0 Å². The number of aryl methyl sites for hydroxylation is 1. The lowest BCUT2D eigenvalue weighted by atomic mass is 9.75. The number of aliphatic carboxylic acids is 1. The average molecular weight is 473 g/mol. The number of anilines is 1. The summed E-state index contributed by atoms with van der Waals surface area (Å²) in [5.74, 6) is -2.19. The molecule has 0 bridgehead atoms. The van der Waals surface area contributed by atoms with E-state index in [-0.39, 0.29) is 23.3 Å². The Hall–Kier alpha value is -3.29. The number of ether oxygens (including phenoxy) is 1. The van der Waals surface area contributed by atoms with E-state index in [2.05, 4.69) is 4.74 Å². The fraction of sp³-hybridized carbons (Fsp3) is 0.385. The molecule has 1 aliphatic carbocycles. The van der Waals surface area contributed by atoms with Crippen molar-refractivity contribution in [2.24, 2.45) is 5.92 Å². The number of alkyl halides is 3. The molecule has 0 saturated heterocycles. The first kappa shape index (κ1) is 23.9. The fourth-order valence-corrected chi connectivity index (χ4v) is 4.73. The quantitative estimate of drug-likeness (QED) is 0.572. The van der Waals surface area contributed by atoms with Gasteiger partial charge in [0.1, 0.15) is 11.7 Å². The number of benzene rings is 2. The third-order valence-corrected chi connectivity index (χ3v) is 6.38. The largest absolute Gasteiger partial charge is 0.573 e. The highest BCUT2D eigenvalue weighted by molar-refractivity contribution is 6.01. The zero-order valence-corrected chi connectivity index (χ0v) is 19.6. The number of carbonyl (C=O) groups is 2. The summed E-state index contributed by atoms with van der Waals surface area (Å²) in [6.07, 6.45) is -3.02. The minimum atomic E-state index is -4.90. The highest BCUT2D eigenvalue weighted by Crippen LogP contribution is 2.47. The number of carboxylic acids is 1. The van der Waals surface area contributed by atoms with E-state index in [1.165, 1.54) is 18.2 Å². The van der Waals surface area contributed by atoms with Crippen LogP contribution in [0, 0.1) is 12.8 Å². The summed E-state index contributed by atoms with van der Waals surface area (Å²) >= 11 is 0. The molecule has 2 aromatic rings. The van der Waals surface area contributed by atoms with Crippen molar-refractivity contribution < 1.29 is 32.6 Å². The number of rotatable bonds is 5. The molecule has 0 radical (unpaired) electrons. The van der Waals surface area contributed by atoms with Crippen molar-refractivity contribution in [3.05, 3.63) is 53.1 Å². The maximum Gasteiger partial charge on any atom is 0.573 e. The van der Waals surface area contributed by atoms with E-state index in [0.717, 1.165) is 11.1 Å². The number of amides is 1. The lowest BCUT2D eigenvalue weighted by molar-refractivity contribution is -0.274. The van der Waals surface area contributed by atoms with Crippen molar-refractivity contribution in [1.82, 2.24) is 0 Å². The van der Waals surface area contributed by atoms with Gasteiger partial charge in [-0.2, -0.15) is 0 Å². The summed E-state index contributed by atoms with van der Waals surface area (Å²) in [5, 5.41) is 9.25. The normalized spacial score (nSPS) is 19.1. The summed E-state index contributed by atoms with van der Waals surface area (Å²) in [6, 6.07) is 7.71. The van der Waals surface area contributed by atoms with Crippen LogP contribution in [0.15, 0.2) is 36.4 Å². The molecule has 0 spiro atoms. The Morgan fingerprint density at radius 3 is 2.41 bits per heavy atom. The van der Waals surface area contributed by atoms with Crippen LogP contribution in [0.25, 0.3) is 16.7 Å². The Morgan fingerprint density at radius 2 is 1.85 bits per heavy atom. The predicted octanol–water partition coefficient (Wildman–Crippen LogP) is 6.08. The molecule has 34 heavy (non-hydrogen) atoms. The molecule has 1 amide bonds. The summed E-state index contributed by atoms with van der Waals surface area (Å²) < 4.78 is 44.0. The predicted molar refractivity (Wildman–Crippen MR) is 123 cm³/mol. The number of hydrogen-bond donors (Lipinski definition) is 1. The second kappa shape index (κ2) is 7.89. The first-order chi connectivity index (χ1) is 15.7. The molecular formula is C26H26F3NO4. The Morgan fingerprint density at radius 1 is 1.18 bits per heavy atom. The van der Waals surface area contributed by atoms with Crippen molar-refractivity contribution in [3.8, 4) is 16.9 Å². The van der Waals surface area contributed by atoms with Gasteiger partial charge in [-0.1, -0.05) is 32.1 Å². The number of carboxylic acid groups (broad SMARTS) is 1. The van der Waals surface area contributed by atoms with Crippen LogP contribution in [-0.2, 0) is 15.0 Å². The Kier molecular flexibility index (Phi) is 5.54. The smallest absolute Gasteiger partial charge is 0.481 e. The third kappa shape index (κ3) is 4.29. The summed E-state index contributed by atoms with van der Waals surface area (Å²) in [7, 11) is 0. The molecule has 1 aliphatic heterocycles. The molecule has 1 heterocycles. The van der Waals surface area contributed by atoms with Crippen molar-refractivity contribution in [3.63, 3.8) is 0 Å². The maximum absolute atomic E-state index is 13.2. The molecule has 0 aromatic heterocycles. The molecule has 8 heteroatoms. The van der Waals surface area contributed by atoms with Gasteiger partial charge in [0, 0.05) is 29.1 Å². The van der Waals surface area contributed by atoms with Gasteiger partial charge < -0.3 is 14.7 Å². The van der Waals surface area contributed by atoms with Gasteiger partial charge in [-0.05, 0) is 66.8 Å². The highest BCUT2D eigenvalue weighted by Gasteiger charge is 2.39. The SMILES string of the molecule is Cc1cc2c(cc1-c1cc(C3=C[C@H]3C(=O)O)ccc1OC(F)(F)F)N(C(C)C)C(=O)CC2(C)C. The standard InChI is InChI=1S/C26H26F3NO4/c1-13(2)30-21-11-16(14(3)8-20(21)25(4,5)12-23(30)31)18-9-15(17-10-19(17)24(32)33)6-7-22(18)34-26(27,28)29/h6-11,13,19H,12H2,1-5H3,(H,32,33)/t19-/m1/s1. The fourth-order valence-electron chi connectivity index (χ4n) is 4.73. The number of fused-ring (bicyclic) bond motifs is 1. The van der Waals surface area contributed by atoms with Crippen LogP contribution in [0.3, 0.4) is 0 Å². The van der Waals surface area contributed by atoms with Crippen LogP contribution < -0.4 is 9.64 Å². The molecule has 180 valence electrons. The number of nitrogens with zero attached hydrogens (tertiary/aromatic N) is 1. The lowest BCUT2D eigenvalue weighted by Crippen LogP contribution is -2.45. The van der Waals surface area contributed by atoms with Gasteiger partial charge in [0.05, 0.1) is 0 Å². The number of carbonyl (C=O) groups excluding carboxylic acids is 1. The molecule has 0 unspecified atom stereocenters. The van der Waals surface area contributed by atoms with Gasteiger partial charge in [-0.25, -0.2) is 0 Å². The number of halogens is 3. The van der Waals surface area contributed by atoms with Gasteiger partial charge in [0.2, 0.25) is 5.91 Å². The van der Waals surface area contributed by atoms with Crippen molar-refractivity contribution in [2.75, 3.05) is 4.90 Å². The second-order valence-corrected chi connectivity index (χ2v) is 9.80. The summed E-state index contributed by atoms with van der Waals surface area (Å²) in [4.78, 5) is 25.9. The second-order valence-electron chi connectivity index (χ2n) is 9.80. The van der Waals surface area contributed by atoms with E-state index in [9.17, 15) is 27.9 Å². The zero-order chi connectivity index (χ0) is 25.2. The summed E-state index contributed by atoms with van der Waals surface area (Å²) in [5.41, 5.74) is 3.65. The van der Waals surface area contributed by atoms with E-state index in [0.29, 0.717) is 28.8 Å². The molecule has 5 nitrogen and oxygen atoms in total. The first-order valence-electron chi connectivity index (χ1n) is 11.0. The van der Waals surface area contributed by atoms with Crippen LogP contribution in [0.2, 0.25) is 0 Å². The zero-order valence-electron chi connectivity index (χ0n) is 19.6. The minimum absolute atomic E-state index is 0.0461. The molecular weight excluding hydrogens is 447 g/mol. The average Bonchev–Trinajstić information content (AvgIpc) is 3.48. The van der Waals surface area contributed by atoms with Crippen molar-refractivity contribution in [1.29, 1.82) is 0 Å². The topological polar surface area (TPSA) is 66.8 Å². The lowest BCUT2D eigenvalue weighted by Gasteiger charge is -2.41. The monoisotopic (exact) mass is 473 g/mol. The van der Waals surface area contributed by atoms with Crippen molar-refractivity contribution in [2.45, 2.75) is 58.9 Å². The molecule has 2 aromatic carbocycles. The third-order valence-electron chi connectivity index (χ3n) is 6.38. The van der Waals surface area contributed by atoms with Gasteiger partial charge in [-0.3, -0.25) is 9.59 Å². The highest BCUT2D eigenvalue weighted by atomic mass is 19.4. The van der Waals surface area contributed by atoms with E-state index in [4.69, 9.17) is 0 Å². The van der Waals surface area contributed by atoms with E-state index >= 15 is 0 Å². The molecule has 2 aliphatic rings. The summed E-state index contributed by atoms with van der Waals surface area (Å²) in [6.45, 7) is 9.55. The van der Waals surface area contributed by atoms with Crippen LogP contribution >= 0.6 is 0 Å². The molecule has 0 saturated carbocycles. The molecule has 1 atom stereocenters. The van der Waals surface area contributed by atoms with E-state index < -0.39 is 23.7 Å². The minimum Gasteiger partial charge on any atom is -0.481 e. The van der Waals surface area contributed by atoms with Crippen LogP contribution in [-0.4, -0.2) is 29.4 Å². The van der Waals surface area contributed by atoms with E-state index in [1.54, 1.807) is 17.0 Å². The number of hydrogen-bond acceptors (Lipinski definition) is 3. The van der Waals surface area contributed by atoms with Crippen molar-refractivity contribution >= 4 is 23.1 Å². The first-order valence-corrected chi connectivity index (χ1v) is 11.0. The molecule has 0 fully saturated rings. The Balaban J connectivity index is 1.92. The van der Waals surface area contributed by atoms with Crippen LogP contribution in [0.5, 0.6) is 5.75 Å².